The Morgan fingerprint density at radius 3 is 2.22 bits per heavy atom. The highest BCUT2D eigenvalue weighted by atomic mass is 16.5. The summed E-state index contributed by atoms with van der Waals surface area (Å²) in [6.45, 7) is 5.99. The number of benzene rings is 3. The SMILES string of the molecule is C/C(=C\Oc1ccccc1)C(=Nc1ccccc1)Oc1cc(C)ccc1C. The first-order chi connectivity index (χ1) is 13.1. The standard InChI is InChI=1S/C24H23NO2/c1-18-14-15-19(2)23(16-18)27-24(25-21-10-6-4-7-11-21)20(3)17-26-22-12-8-5-9-13-22/h4-17H,1-3H3/b20-17+,25-24?. The third kappa shape index (κ3) is 5.32. The van der Waals surface area contributed by atoms with Gasteiger partial charge >= 0.3 is 0 Å². The van der Waals surface area contributed by atoms with E-state index in [0.29, 0.717) is 5.90 Å². The molecule has 0 radical (unpaired) electrons. The maximum atomic E-state index is 6.18. The monoisotopic (exact) mass is 357 g/mol. The zero-order valence-electron chi connectivity index (χ0n) is 15.8. The first kappa shape index (κ1) is 18.5. The second-order valence-corrected chi connectivity index (χ2v) is 6.36. The van der Waals surface area contributed by atoms with Gasteiger partial charge in [-0.25, -0.2) is 4.99 Å². The van der Waals surface area contributed by atoms with Gasteiger partial charge in [-0.15, -0.1) is 0 Å². The molecule has 0 spiro atoms. The highest BCUT2D eigenvalue weighted by Gasteiger charge is 2.10. The zero-order valence-corrected chi connectivity index (χ0v) is 15.8. The minimum Gasteiger partial charge on any atom is -0.465 e. The summed E-state index contributed by atoms with van der Waals surface area (Å²) in [4.78, 5) is 4.68. The van der Waals surface area contributed by atoms with Crippen LogP contribution >= 0.6 is 0 Å². The third-order valence-electron chi connectivity index (χ3n) is 3.99. The van der Waals surface area contributed by atoms with Crippen LogP contribution in [0.15, 0.2) is 95.7 Å². The molecule has 3 rings (SSSR count). The van der Waals surface area contributed by atoms with Gasteiger partial charge < -0.3 is 9.47 Å². The molecular formula is C24H23NO2. The van der Waals surface area contributed by atoms with Crippen molar-refractivity contribution in [3.05, 3.63) is 102 Å². The Morgan fingerprint density at radius 2 is 1.52 bits per heavy atom. The summed E-state index contributed by atoms with van der Waals surface area (Å²) in [6, 6.07) is 25.5. The van der Waals surface area contributed by atoms with Gasteiger partial charge in [0, 0.05) is 5.57 Å². The molecule has 0 aromatic heterocycles. The van der Waals surface area contributed by atoms with E-state index in [2.05, 4.69) is 11.1 Å². The molecule has 0 aliphatic carbocycles. The van der Waals surface area contributed by atoms with Crippen LogP contribution in [-0.2, 0) is 0 Å². The predicted molar refractivity (Wildman–Crippen MR) is 111 cm³/mol. The van der Waals surface area contributed by atoms with Crippen LogP contribution in [0, 0.1) is 13.8 Å². The Labute approximate surface area is 160 Å². The maximum absolute atomic E-state index is 6.18. The number of hydrogen-bond donors (Lipinski definition) is 0. The number of hydrogen-bond acceptors (Lipinski definition) is 3. The van der Waals surface area contributed by atoms with Gasteiger partial charge in [0.05, 0.1) is 11.9 Å². The Balaban J connectivity index is 1.92. The van der Waals surface area contributed by atoms with E-state index in [1.165, 1.54) is 0 Å². The van der Waals surface area contributed by atoms with E-state index in [4.69, 9.17) is 9.47 Å². The second-order valence-electron chi connectivity index (χ2n) is 6.36. The maximum Gasteiger partial charge on any atom is 0.225 e. The van der Waals surface area contributed by atoms with E-state index < -0.39 is 0 Å². The number of aliphatic imine (C=N–C) groups is 1. The van der Waals surface area contributed by atoms with Crippen molar-refractivity contribution >= 4 is 11.6 Å². The van der Waals surface area contributed by atoms with Gasteiger partial charge in [-0.2, -0.15) is 0 Å². The zero-order chi connectivity index (χ0) is 19.1. The Bertz CT molecular complexity index is 945. The van der Waals surface area contributed by atoms with Crippen molar-refractivity contribution in [2.24, 2.45) is 4.99 Å². The third-order valence-corrected chi connectivity index (χ3v) is 3.99. The molecule has 0 N–H and O–H groups in total. The summed E-state index contributed by atoms with van der Waals surface area (Å²) >= 11 is 0. The fraction of sp³-hybridized carbons (Fsp3) is 0.125. The molecule has 136 valence electrons. The minimum absolute atomic E-state index is 0.505. The molecule has 0 saturated heterocycles. The van der Waals surface area contributed by atoms with Crippen LogP contribution in [-0.4, -0.2) is 5.90 Å². The van der Waals surface area contributed by atoms with Crippen LogP contribution < -0.4 is 9.47 Å². The molecular weight excluding hydrogens is 334 g/mol. The second kappa shape index (κ2) is 8.86. The van der Waals surface area contributed by atoms with E-state index in [0.717, 1.165) is 33.9 Å². The van der Waals surface area contributed by atoms with Crippen LogP contribution in [0.25, 0.3) is 0 Å². The van der Waals surface area contributed by atoms with E-state index in [1.54, 1.807) is 6.26 Å². The average Bonchev–Trinajstić information content (AvgIpc) is 2.70. The largest absolute Gasteiger partial charge is 0.465 e. The summed E-state index contributed by atoms with van der Waals surface area (Å²) in [6.07, 6.45) is 1.67. The van der Waals surface area contributed by atoms with E-state index in [9.17, 15) is 0 Å². The molecule has 0 unspecified atom stereocenters. The van der Waals surface area contributed by atoms with Gasteiger partial charge in [0.2, 0.25) is 5.90 Å². The van der Waals surface area contributed by atoms with Crippen molar-refractivity contribution in [1.29, 1.82) is 0 Å². The minimum atomic E-state index is 0.505. The summed E-state index contributed by atoms with van der Waals surface area (Å²) in [7, 11) is 0. The van der Waals surface area contributed by atoms with Crippen LogP contribution in [0.5, 0.6) is 11.5 Å². The van der Waals surface area contributed by atoms with Crippen molar-refractivity contribution in [3.8, 4) is 11.5 Å². The first-order valence-electron chi connectivity index (χ1n) is 8.89. The summed E-state index contributed by atoms with van der Waals surface area (Å²) in [5.41, 5.74) is 3.81. The highest BCUT2D eigenvalue weighted by molar-refractivity contribution is 5.96. The summed E-state index contributed by atoms with van der Waals surface area (Å²) in [5, 5.41) is 0. The molecule has 3 nitrogen and oxygen atoms in total. The average molecular weight is 357 g/mol. The Kier molecular flexibility index (Phi) is 6.06. The first-order valence-corrected chi connectivity index (χ1v) is 8.89. The summed E-state index contributed by atoms with van der Waals surface area (Å²) in [5.74, 6) is 2.06. The lowest BCUT2D eigenvalue weighted by Gasteiger charge is -2.13. The molecule has 3 heteroatoms. The van der Waals surface area contributed by atoms with E-state index >= 15 is 0 Å². The van der Waals surface area contributed by atoms with Crippen LogP contribution in [0.3, 0.4) is 0 Å². The number of aryl methyl sites for hydroxylation is 2. The Morgan fingerprint density at radius 1 is 0.852 bits per heavy atom. The number of rotatable bonds is 5. The molecule has 0 fully saturated rings. The lowest BCUT2D eigenvalue weighted by atomic mass is 10.1. The molecule has 0 aliphatic rings. The van der Waals surface area contributed by atoms with E-state index in [-0.39, 0.29) is 0 Å². The van der Waals surface area contributed by atoms with Gasteiger partial charge in [0.15, 0.2) is 0 Å². The van der Waals surface area contributed by atoms with Crippen LogP contribution in [0.1, 0.15) is 18.1 Å². The van der Waals surface area contributed by atoms with Crippen molar-refractivity contribution in [2.75, 3.05) is 0 Å². The fourth-order valence-electron chi connectivity index (χ4n) is 2.44. The van der Waals surface area contributed by atoms with Crippen molar-refractivity contribution in [1.82, 2.24) is 0 Å². The van der Waals surface area contributed by atoms with Crippen LogP contribution in [0.2, 0.25) is 0 Å². The molecule has 3 aromatic rings. The van der Waals surface area contributed by atoms with Gasteiger partial charge in [-0.05, 0) is 62.2 Å². The Hall–Kier alpha value is -3.33. The predicted octanol–water partition coefficient (Wildman–Crippen LogP) is 6.40. The smallest absolute Gasteiger partial charge is 0.225 e. The quantitative estimate of drug-likeness (QED) is 0.301. The molecule has 0 heterocycles. The normalized spacial score (nSPS) is 12.0. The van der Waals surface area contributed by atoms with Crippen molar-refractivity contribution in [2.45, 2.75) is 20.8 Å². The fourth-order valence-corrected chi connectivity index (χ4v) is 2.44. The summed E-state index contributed by atoms with van der Waals surface area (Å²) < 4.78 is 11.9. The van der Waals surface area contributed by atoms with Gasteiger partial charge in [-0.1, -0.05) is 48.5 Å². The lowest BCUT2D eigenvalue weighted by Crippen LogP contribution is -2.11. The van der Waals surface area contributed by atoms with Gasteiger partial charge in [0.1, 0.15) is 11.5 Å². The molecule has 0 atom stereocenters. The molecule has 0 amide bonds. The van der Waals surface area contributed by atoms with Gasteiger partial charge in [-0.3, -0.25) is 0 Å². The molecule has 3 aromatic carbocycles. The number of para-hydroxylation sites is 2. The highest BCUT2D eigenvalue weighted by Crippen LogP contribution is 2.22. The van der Waals surface area contributed by atoms with Crippen LogP contribution in [0.4, 0.5) is 5.69 Å². The number of nitrogens with zero attached hydrogens (tertiary/aromatic N) is 1. The lowest BCUT2D eigenvalue weighted by molar-refractivity contribution is 0.473. The molecule has 0 bridgehead atoms. The topological polar surface area (TPSA) is 30.8 Å². The van der Waals surface area contributed by atoms with Crippen molar-refractivity contribution in [3.63, 3.8) is 0 Å². The van der Waals surface area contributed by atoms with Gasteiger partial charge in [0.25, 0.3) is 0 Å². The number of ether oxygens (including phenoxy) is 2. The molecule has 0 aliphatic heterocycles. The molecule has 0 saturated carbocycles. The van der Waals surface area contributed by atoms with E-state index in [1.807, 2.05) is 93.6 Å². The molecule has 27 heavy (non-hydrogen) atoms. The van der Waals surface area contributed by atoms with Crippen molar-refractivity contribution < 1.29 is 9.47 Å².